The highest BCUT2D eigenvalue weighted by molar-refractivity contribution is 5.90. The molecule has 92 valence electrons. The fourth-order valence-electron chi connectivity index (χ4n) is 2.15. The summed E-state index contributed by atoms with van der Waals surface area (Å²) in [6.45, 7) is 1.65. The second-order valence-corrected chi connectivity index (χ2v) is 4.39. The summed E-state index contributed by atoms with van der Waals surface area (Å²) in [5.74, 6) is -0.485. The van der Waals surface area contributed by atoms with Crippen LogP contribution in [0.15, 0.2) is 24.3 Å². The lowest BCUT2D eigenvalue weighted by Gasteiger charge is -2.20. The largest absolute Gasteiger partial charge is 0.491 e. The topological polar surface area (TPSA) is 49.8 Å². The van der Waals surface area contributed by atoms with Gasteiger partial charge in [-0.2, -0.15) is 0 Å². The second kappa shape index (κ2) is 5.19. The van der Waals surface area contributed by atoms with Crippen molar-refractivity contribution in [2.45, 2.75) is 18.9 Å². The molecule has 0 aliphatic carbocycles. The summed E-state index contributed by atoms with van der Waals surface area (Å²) < 4.78 is 5.63. The number of carboxylic acids is 1. The number of rotatable bonds is 4. The number of likely N-dealkylation sites (tertiary alicyclic amines) is 1. The van der Waals surface area contributed by atoms with Gasteiger partial charge in [-0.05, 0) is 38.6 Å². The van der Waals surface area contributed by atoms with Crippen LogP contribution in [0.4, 0.5) is 0 Å². The van der Waals surface area contributed by atoms with E-state index < -0.39 is 5.97 Å². The van der Waals surface area contributed by atoms with Gasteiger partial charge in [0.1, 0.15) is 17.9 Å². The molecule has 0 radical (unpaired) electrons. The van der Waals surface area contributed by atoms with E-state index in [1.54, 1.807) is 24.3 Å². The number of carboxylic acid groups (broad SMARTS) is 1. The van der Waals surface area contributed by atoms with E-state index in [1.807, 2.05) is 0 Å². The van der Waals surface area contributed by atoms with Crippen LogP contribution in [0.3, 0.4) is 0 Å². The van der Waals surface area contributed by atoms with Crippen molar-refractivity contribution in [2.24, 2.45) is 0 Å². The van der Waals surface area contributed by atoms with Gasteiger partial charge in [0.25, 0.3) is 0 Å². The van der Waals surface area contributed by atoms with Gasteiger partial charge in [-0.25, -0.2) is 4.79 Å². The van der Waals surface area contributed by atoms with Crippen LogP contribution in [0.2, 0.25) is 0 Å². The first kappa shape index (κ1) is 11.9. The van der Waals surface area contributed by atoms with Crippen LogP contribution in [0.1, 0.15) is 23.2 Å². The molecule has 1 aliphatic heterocycles. The highest BCUT2D eigenvalue weighted by Gasteiger charge is 2.22. The van der Waals surface area contributed by atoms with Crippen LogP contribution in [0.25, 0.3) is 0 Å². The summed E-state index contributed by atoms with van der Waals surface area (Å²) in [7, 11) is 2.07. The Morgan fingerprint density at radius 2 is 2.29 bits per heavy atom. The van der Waals surface area contributed by atoms with E-state index in [0.717, 1.165) is 13.0 Å². The van der Waals surface area contributed by atoms with E-state index in [-0.39, 0.29) is 5.56 Å². The summed E-state index contributed by atoms with van der Waals surface area (Å²) in [5, 5.41) is 9.02. The fourth-order valence-corrected chi connectivity index (χ4v) is 2.15. The molecule has 1 heterocycles. The first-order valence-electron chi connectivity index (χ1n) is 5.84. The SMILES string of the molecule is CN1CCC[C@H]1COc1ccccc1C(=O)O. The number of nitrogens with zero attached hydrogens (tertiary/aromatic N) is 1. The molecule has 1 aromatic rings. The van der Waals surface area contributed by atoms with Crippen molar-refractivity contribution >= 4 is 5.97 Å². The van der Waals surface area contributed by atoms with Gasteiger partial charge in [0, 0.05) is 6.04 Å². The Morgan fingerprint density at radius 3 is 2.94 bits per heavy atom. The van der Waals surface area contributed by atoms with E-state index in [1.165, 1.54) is 6.42 Å². The number of aromatic carboxylic acids is 1. The van der Waals surface area contributed by atoms with Gasteiger partial charge in [0.05, 0.1) is 0 Å². The minimum atomic E-state index is -0.944. The molecule has 1 aliphatic rings. The summed E-state index contributed by atoms with van der Waals surface area (Å²) in [6.07, 6.45) is 2.30. The zero-order valence-electron chi connectivity index (χ0n) is 9.93. The molecule has 0 bridgehead atoms. The number of likely N-dealkylation sites (N-methyl/N-ethyl adjacent to an activating group) is 1. The number of benzene rings is 1. The van der Waals surface area contributed by atoms with Crippen LogP contribution >= 0.6 is 0 Å². The van der Waals surface area contributed by atoms with Crippen LogP contribution in [0, 0.1) is 0 Å². The number of hydrogen-bond donors (Lipinski definition) is 1. The van der Waals surface area contributed by atoms with Gasteiger partial charge in [0.2, 0.25) is 0 Å². The van der Waals surface area contributed by atoms with Gasteiger partial charge in [-0.3, -0.25) is 0 Å². The fraction of sp³-hybridized carbons (Fsp3) is 0.462. The predicted molar refractivity (Wildman–Crippen MR) is 64.5 cm³/mol. The first-order chi connectivity index (χ1) is 8.18. The lowest BCUT2D eigenvalue weighted by Crippen LogP contribution is -2.30. The maximum atomic E-state index is 11.0. The standard InChI is InChI=1S/C13H17NO3/c1-14-8-4-5-10(14)9-17-12-7-3-2-6-11(12)13(15)16/h2-3,6-7,10H,4-5,8-9H2,1H3,(H,15,16)/t10-/m0/s1. The summed E-state index contributed by atoms with van der Waals surface area (Å²) in [6, 6.07) is 7.17. The lowest BCUT2D eigenvalue weighted by atomic mass is 10.2. The highest BCUT2D eigenvalue weighted by atomic mass is 16.5. The van der Waals surface area contributed by atoms with Gasteiger partial charge >= 0.3 is 5.97 Å². The molecule has 4 heteroatoms. The molecule has 4 nitrogen and oxygen atoms in total. The lowest BCUT2D eigenvalue weighted by molar-refractivity contribution is 0.0690. The minimum Gasteiger partial charge on any atom is -0.491 e. The maximum absolute atomic E-state index is 11.0. The Kier molecular flexibility index (Phi) is 3.64. The Morgan fingerprint density at radius 1 is 1.53 bits per heavy atom. The molecule has 0 amide bonds. The monoisotopic (exact) mass is 235 g/mol. The quantitative estimate of drug-likeness (QED) is 0.865. The third-order valence-electron chi connectivity index (χ3n) is 3.22. The van der Waals surface area contributed by atoms with Gasteiger partial charge in [-0.1, -0.05) is 12.1 Å². The van der Waals surface area contributed by atoms with Crippen molar-refractivity contribution in [2.75, 3.05) is 20.2 Å². The number of ether oxygens (including phenoxy) is 1. The zero-order chi connectivity index (χ0) is 12.3. The van der Waals surface area contributed by atoms with E-state index >= 15 is 0 Å². The maximum Gasteiger partial charge on any atom is 0.339 e. The molecular formula is C13H17NO3. The molecule has 0 unspecified atom stereocenters. The second-order valence-electron chi connectivity index (χ2n) is 4.39. The molecular weight excluding hydrogens is 218 g/mol. The Balaban J connectivity index is 2.01. The molecule has 2 rings (SSSR count). The molecule has 1 saturated heterocycles. The Hall–Kier alpha value is -1.55. The van der Waals surface area contributed by atoms with Gasteiger partial charge in [0.15, 0.2) is 0 Å². The Bertz CT molecular complexity index is 405. The van der Waals surface area contributed by atoms with E-state index in [9.17, 15) is 4.79 Å². The predicted octanol–water partition coefficient (Wildman–Crippen LogP) is 1.86. The summed E-state index contributed by atoms with van der Waals surface area (Å²) in [5.41, 5.74) is 0.230. The van der Waals surface area contributed by atoms with Crippen molar-refractivity contribution in [3.63, 3.8) is 0 Å². The first-order valence-corrected chi connectivity index (χ1v) is 5.84. The van der Waals surface area contributed by atoms with Gasteiger partial charge in [-0.15, -0.1) is 0 Å². The minimum absolute atomic E-state index is 0.230. The number of carbonyl (C=O) groups is 1. The molecule has 1 fully saturated rings. The number of hydrogen-bond acceptors (Lipinski definition) is 3. The van der Waals surface area contributed by atoms with E-state index in [4.69, 9.17) is 9.84 Å². The van der Waals surface area contributed by atoms with Crippen LogP contribution in [0.5, 0.6) is 5.75 Å². The molecule has 0 saturated carbocycles. The van der Waals surface area contributed by atoms with Crippen molar-refractivity contribution < 1.29 is 14.6 Å². The van der Waals surface area contributed by atoms with Crippen LogP contribution in [-0.4, -0.2) is 42.2 Å². The van der Waals surface area contributed by atoms with Crippen molar-refractivity contribution in [3.05, 3.63) is 29.8 Å². The molecule has 1 aromatic carbocycles. The average Bonchev–Trinajstić information content (AvgIpc) is 2.72. The van der Waals surface area contributed by atoms with E-state index in [0.29, 0.717) is 18.4 Å². The van der Waals surface area contributed by atoms with Gasteiger partial charge < -0.3 is 14.7 Å². The normalized spacial score (nSPS) is 20.4. The molecule has 0 spiro atoms. The molecule has 1 N–H and O–H groups in total. The molecule has 0 aromatic heterocycles. The summed E-state index contributed by atoms with van der Waals surface area (Å²) >= 11 is 0. The number of para-hydroxylation sites is 1. The van der Waals surface area contributed by atoms with E-state index in [2.05, 4.69) is 11.9 Å². The highest BCUT2D eigenvalue weighted by Crippen LogP contribution is 2.20. The molecule has 1 atom stereocenters. The Labute approximate surface area is 101 Å². The smallest absolute Gasteiger partial charge is 0.339 e. The third-order valence-corrected chi connectivity index (χ3v) is 3.22. The van der Waals surface area contributed by atoms with Crippen molar-refractivity contribution in [1.29, 1.82) is 0 Å². The van der Waals surface area contributed by atoms with Crippen molar-refractivity contribution in [1.82, 2.24) is 4.90 Å². The van der Waals surface area contributed by atoms with Crippen LogP contribution < -0.4 is 4.74 Å². The zero-order valence-corrected chi connectivity index (χ0v) is 9.93. The third kappa shape index (κ3) is 2.77. The van der Waals surface area contributed by atoms with Crippen molar-refractivity contribution in [3.8, 4) is 5.75 Å². The summed E-state index contributed by atoms with van der Waals surface area (Å²) in [4.78, 5) is 13.2. The molecule has 17 heavy (non-hydrogen) atoms. The average molecular weight is 235 g/mol. The van der Waals surface area contributed by atoms with Crippen LogP contribution in [-0.2, 0) is 0 Å².